The Labute approximate surface area is 131 Å². The molecule has 0 aromatic heterocycles. The number of benzene rings is 2. The summed E-state index contributed by atoms with van der Waals surface area (Å²) in [6.07, 6.45) is 0. The zero-order valence-electron chi connectivity index (χ0n) is 11.7. The van der Waals surface area contributed by atoms with E-state index in [9.17, 15) is 17.0 Å². The predicted molar refractivity (Wildman–Crippen MR) is 84.7 cm³/mol. The molecule has 0 fully saturated rings. The molecule has 0 amide bonds. The fourth-order valence-corrected chi connectivity index (χ4v) is 4.07. The fourth-order valence-electron chi connectivity index (χ4n) is 1.84. The van der Waals surface area contributed by atoms with Crippen molar-refractivity contribution in [3.63, 3.8) is 0 Å². The summed E-state index contributed by atoms with van der Waals surface area (Å²) in [6.45, 7) is 0.0400. The standard InChI is InChI=1S/C15H16FNO3S2/c16-14-7-4-8-15(11-14)22(19,20)17-9-10-21(18)12-13-5-2-1-3-6-13/h1-8,11,17H,9-10,12H2/t21-/m0/s1. The maximum Gasteiger partial charge on any atom is 0.240 e. The fraction of sp³-hybridized carbons (Fsp3) is 0.200. The molecule has 22 heavy (non-hydrogen) atoms. The van der Waals surface area contributed by atoms with Crippen LogP contribution in [-0.4, -0.2) is 24.9 Å². The van der Waals surface area contributed by atoms with E-state index in [0.29, 0.717) is 5.75 Å². The minimum Gasteiger partial charge on any atom is -0.259 e. The molecule has 4 nitrogen and oxygen atoms in total. The summed E-state index contributed by atoms with van der Waals surface area (Å²) in [4.78, 5) is -0.138. The minimum absolute atomic E-state index is 0.0400. The van der Waals surface area contributed by atoms with Crippen molar-refractivity contribution in [3.05, 3.63) is 66.0 Å². The van der Waals surface area contributed by atoms with E-state index in [4.69, 9.17) is 0 Å². The molecule has 2 aromatic rings. The van der Waals surface area contributed by atoms with Gasteiger partial charge in [-0.3, -0.25) is 4.21 Å². The third-order valence-electron chi connectivity index (χ3n) is 2.90. The first-order valence-electron chi connectivity index (χ1n) is 6.61. The van der Waals surface area contributed by atoms with Crippen LogP contribution in [-0.2, 0) is 26.6 Å². The molecule has 0 radical (unpaired) electrons. The molecule has 1 N–H and O–H groups in total. The molecule has 0 aliphatic rings. The van der Waals surface area contributed by atoms with Crippen molar-refractivity contribution < 1.29 is 17.0 Å². The number of halogens is 1. The first kappa shape index (κ1) is 16.8. The lowest BCUT2D eigenvalue weighted by Crippen LogP contribution is -2.28. The molecular weight excluding hydrogens is 325 g/mol. The number of hydrogen-bond donors (Lipinski definition) is 1. The second-order valence-electron chi connectivity index (χ2n) is 4.63. The van der Waals surface area contributed by atoms with Gasteiger partial charge in [-0.2, -0.15) is 0 Å². The second-order valence-corrected chi connectivity index (χ2v) is 7.97. The van der Waals surface area contributed by atoms with Crippen LogP contribution in [0.2, 0.25) is 0 Å². The van der Waals surface area contributed by atoms with E-state index in [1.807, 2.05) is 30.3 Å². The Bertz CT molecular complexity index is 748. The lowest BCUT2D eigenvalue weighted by molar-refractivity contribution is 0.580. The molecule has 118 valence electrons. The van der Waals surface area contributed by atoms with Crippen LogP contribution in [0.15, 0.2) is 59.5 Å². The largest absolute Gasteiger partial charge is 0.259 e. The van der Waals surface area contributed by atoms with Gasteiger partial charge in [-0.15, -0.1) is 0 Å². The number of nitrogens with one attached hydrogen (secondary N) is 1. The highest BCUT2D eigenvalue weighted by molar-refractivity contribution is 7.89. The number of hydrogen-bond acceptors (Lipinski definition) is 3. The monoisotopic (exact) mass is 341 g/mol. The summed E-state index contributed by atoms with van der Waals surface area (Å²) in [5, 5.41) is 0. The maximum atomic E-state index is 13.0. The molecule has 0 saturated carbocycles. The van der Waals surface area contributed by atoms with E-state index >= 15 is 0 Å². The van der Waals surface area contributed by atoms with Crippen molar-refractivity contribution in [2.24, 2.45) is 0 Å². The molecule has 0 aliphatic heterocycles. The van der Waals surface area contributed by atoms with Crippen LogP contribution in [0.1, 0.15) is 5.56 Å². The van der Waals surface area contributed by atoms with E-state index in [2.05, 4.69) is 4.72 Å². The molecular formula is C15H16FNO3S2. The van der Waals surface area contributed by atoms with Crippen LogP contribution in [0.3, 0.4) is 0 Å². The first-order chi connectivity index (χ1) is 10.5. The smallest absolute Gasteiger partial charge is 0.240 e. The molecule has 2 aromatic carbocycles. The quantitative estimate of drug-likeness (QED) is 0.838. The zero-order chi connectivity index (χ0) is 16.0. The van der Waals surface area contributed by atoms with E-state index in [1.54, 1.807) is 0 Å². The van der Waals surface area contributed by atoms with Gasteiger partial charge >= 0.3 is 0 Å². The Morgan fingerprint density at radius 1 is 1.05 bits per heavy atom. The van der Waals surface area contributed by atoms with Gasteiger partial charge in [0, 0.05) is 28.9 Å². The molecule has 1 atom stereocenters. The number of rotatable bonds is 7. The van der Waals surface area contributed by atoms with Gasteiger partial charge in [-0.1, -0.05) is 36.4 Å². The summed E-state index contributed by atoms with van der Waals surface area (Å²) in [5.41, 5.74) is 0.939. The van der Waals surface area contributed by atoms with Crippen LogP contribution in [0.4, 0.5) is 4.39 Å². The average Bonchev–Trinajstić information content (AvgIpc) is 2.48. The highest BCUT2D eigenvalue weighted by Gasteiger charge is 2.14. The molecule has 0 heterocycles. The van der Waals surface area contributed by atoms with Gasteiger partial charge in [-0.25, -0.2) is 17.5 Å². The molecule has 0 saturated heterocycles. The molecule has 7 heteroatoms. The molecule has 2 rings (SSSR count). The second kappa shape index (κ2) is 7.62. The summed E-state index contributed by atoms with van der Waals surface area (Å²) >= 11 is 0. The van der Waals surface area contributed by atoms with Gasteiger partial charge in [0.2, 0.25) is 10.0 Å². The van der Waals surface area contributed by atoms with E-state index in [1.165, 1.54) is 18.2 Å². The van der Waals surface area contributed by atoms with E-state index in [-0.39, 0.29) is 17.2 Å². The van der Waals surface area contributed by atoms with Crippen LogP contribution < -0.4 is 4.72 Å². The van der Waals surface area contributed by atoms with Gasteiger partial charge in [0.05, 0.1) is 4.90 Å². The van der Waals surface area contributed by atoms with Crippen molar-refractivity contribution in [1.82, 2.24) is 4.72 Å². The van der Waals surface area contributed by atoms with Crippen molar-refractivity contribution in [1.29, 1.82) is 0 Å². The van der Waals surface area contributed by atoms with E-state index < -0.39 is 26.6 Å². The lowest BCUT2D eigenvalue weighted by Gasteiger charge is -2.07. The summed E-state index contributed by atoms with van der Waals surface area (Å²) in [7, 11) is -4.94. The Morgan fingerprint density at radius 2 is 1.77 bits per heavy atom. The Balaban J connectivity index is 1.86. The third kappa shape index (κ3) is 5.01. The van der Waals surface area contributed by atoms with Crippen LogP contribution in [0.25, 0.3) is 0 Å². The van der Waals surface area contributed by atoms with Gasteiger partial charge in [0.25, 0.3) is 0 Å². The van der Waals surface area contributed by atoms with Crippen molar-refractivity contribution >= 4 is 20.8 Å². The normalized spacial score (nSPS) is 13.0. The predicted octanol–water partition coefficient (Wildman–Crippen LogP) is 2.05. The van der Waals surface area contributed by atoms with Crippen LogP contribution >= 0.6 is 0 Å². The topological polar surface area (TPSA) is 63.2 Å². The van der Waals surface area contributed by atoms with Gasteiger partial charge < -0.3 is 0 Å². The van der Waals surface area contributed by atoms with E-state index in [0.717, 1.165) is 11.6 Å². The Hall–Kier alpha value is -1.57. The molecule has 0 aliphatic carbocycles. The molecule has 0 unspecified atom stereocenters. The summed E-state index contributed by atoms with van der Waals surface area (Å²) < 4.78 is 51.2. The lowest BCUT2D eigenvalue weighted by atomic mass is 10.2. The average molecular weight is 341 g/mol. The maximum absolute atomic E-state index is 13.0. The molecule has 0 spiro atoms. The summed E-state index contributed by atoms with van der Waals surface area (Å²) in [5.74, 6) is -0.0399. The highest BCUT2D eigenvalue weighted by Crippen LogP contribution is 2.10. The minimum atomic E-state index is -3.78. The van der Waals surface area contributed by atoms with Gasteiger partial charge in [-0.05, 0) is 23.8 Å². The Kier molecular flexibility index (Phi) is 5.82. The first-order valence-corrected chi connectivity index (χ1v) is 9.58. The van der Waals surface area contributed by atoms with Crippen molar-refractivity contribution in [2.45, 2.75) is 10.6 Å². The van der Waals surface area contributed by atoms with Crippen LogP contribution in [0.5, 0.6) is 0 Å². The third-order valence-corrected chi connectivity index (χ3v) is 5.67. The van der Waals surface area contributed by atoms with Gasteiger partial charge in [0.15, 0.2) is 0 Å². The SMILES string of the molecule is O=[S@@](CCNS(=O)(=O)c1cccc(F)c1)Cc1ccccc1. The zero-order valence-corrected chi connectivity index (χ0v) is 13.4. The highest BCUT2D eigenvalue weighted by atomic mass is 32.2. The Morgan fingerprint density at radius 3 is 2.45 bits per heavy atom. The summed E-state index contributed by atoms with van der Waals surface area (Å²) in [6, 6.07) is 14.1. The van der Waals surface area contributed by atoms with Gasteiger partial charge in [0.1, 0.15) is 5.82 Å². The van der Waals surface area contributed by atoms with Crippen LogP contribution in [0, 0.1) is 5.82 Å². The number of sulfonamides is 1. The van der Waals surface area contributed by atoms with Crippen molar-refractivity contribution in [3.8, 4) is 0 Å². The molecule has 0 bridgehead atoms. The van der Waals surface area contributed by atoms with Crippen molar-refractivity contribution in [2.75, 3.05) is 12.3 Å².